The number of sulfone groups is 1. The molecular formula is C20H19NO6S. The Hall–Kier alpha value is -3.13. The molecule has 0 bridgehead atoms. The first-order chi connectivity index (χ1) is 13.2. The van der Waals surface area contributed by atoms with E-state index in [1.165, 1.54) is 13.2 Å². The van der Waals surface area contributed by atoms with E-state index in [1.54, 1.807) is 43.3 Å². The summed E-state index contributed by atoms with van der Waals surface area (Å²) >= 11 is 0. The number of hydrogen-bond acceptors (Lipinski definition) is 6. The monoisotopic (exact) mass is 401 g/mol. The lowest BCUT2D eigenvalue weighted by molar-refractivity contribution is 0.0600. The summed E-state index contributed by atoms with van der Waals surface area (Å²) < 4.78 is 34.1. The maximum absolute atomic E-state index is 12.9. The van der Waals surface area contributed by atoms with Crippen molar-refractivity contribution >= 4 is 38.4 Å². The number of nitrogens with one attached hydrogen (secondary N) is 1. The lowest BCUT2D eigenvalue weighted by Gasteiger charge is -2.10. The topological polar surface area (TPSA) is 103 Å². The van der Waals surface area contributed by atoms with Gasteiger partial charge in [-0.2, -0.15) is 0 Å². The molecule has 0 spiro atoms. The van der Waals surface area contributed by atoms with Gasteiger partial charge in [-0.15, -0.1) is 0 Å². The fourth-order valence-electron chi connectivity index (χ4n) is 2.87. The van der Waals surface area contributed by atoms with Crippen LogP contribution in [0.15, 0.2) is 46.9 Å². The number of amides is 1. The molecule has 0 aliphatic rings. The molecule has 0 atom stereocenters. The van der Waals surface area contributed by atoms with Gasteiger partial charge in [-0.3, -0.25) is 4.79 Å². The Balaban J connectivity index is 2.03. The standard InChI is InChI=1S/C20H19NO6S/c1-12-8-9-13(20(23)26-2)10-16(12)21-19(22)18-15(11-28(3,24)25)14-6-4-5-7-17(14)27-18/h4-10H,11H2,1-3H3,(H,21,22). The number of esters is 1. The van der Waals surface area contributed by atoms with Crippen LogP contribution < -0.4 is 5.32 Å². The third-order valence-electron chi connectivity index (χ3n) is 4.22. The minimum absolute atomic E-state index is 0.0745. The summed E-state index contributed by atoms with van der Waals surface area (Å²) in [7, 11) is -2.13. The van der Waals surface area contributed by atoms with Crippen molar-refractivity contribution in [2.45, 2.75) is 12.7 Å². The van der Waals surface area contributed by atoms with Crippen molar-refractivity contribution in [3.63, 3.8) is 0 Å². The Kier molecular flexibility index (Phi) is 5.24. The van der Waals surface area contributed by atoms with E-state index < -0.39 is 21.7 Å². The number of methoxy groups -OCH3 is 1. The molecule has 28 heavy (non-hydrogen) atoms. The molecule has 8 heteroatoms. The Morgan fingerprint density at radius 3 is 2.54 bits per heavy atom. The van der Waals surface area contributed by atoms with Gasteiger partial charge >= 0.3 is 5.97 Å². The molecule has 1 heterocycles. The van der Waals surface area contributed by atoms with Crippen LogP contribution in [-0.2, 0) is 20.3 Å². The zero-order valence-corrected chi connectivity index (χ0v) is 16.4. The summed E-state index contributed by atoms with van der Waals surface area (Å²) in [5.74, 6) is -1.53. The van der Waals surface area contributed by atoms with E-state index in [4.69, 9.17) is 9.15 Å². The van der Waals surface area contributed by atoms with Crippen molar-refractivity contribution in [3.05, 3.63) is 64.9 Å². The molecule has 3 aromatic rings. The normalized spacial score (nSPS) is 11.4. The Morgan fingerprint density at radius 2 is 1.86 bits per heavy atom. The van der Waals surface area contributed by atoms with Crippen molar-refractivity contribution in [2.24, 2.45) is 0 Å². The lowest BCUT2D eigenvalue weighted by Crippen LogP contribution is -2.15. The molecule has 1 N–H and O–H groups in total. The van der Waals surface area contributed by atoms with Crippen LogP contribution in [0.25, 0.3) is 11.0 Å². The van der Waals surface area contributed by atoms with Crippen molar-refractivity contribution in [1.82, 2.24) is 0 Å². The SMILES string of the molecule is COC(=O)c1ccc(C)c(NC(=O)c2oc3ccccc3c2CS(C)(=O)=O)c1. The number of para-hydroxylation sites is 1. The third kappa shape index (κ3) is 4.07. The molecule has 0 aliphatic carbocycles. The number of fused-ring (bicyclic) bond motifs is 1. The molecule has 1 amide bonds. The van der Waals surface area contributed by atoms with Gasteiger partial charge in [0.15, 0.2) is 15.6 Å². The third-order valence-corrected chi connectivity index (χ3v) is 5.03. The number of carbonyl (C=O) groups is 2. The molecule has 0 saturated carbocycles. The predicted octanol–water partition coefficient (Wildman–Crippen LogP) is 3.32. The largest absolute Gasteiger partial charge is 0.465 e. The first-order valence-electron chi connectivity index (χ1n) is 8.38. The zero-order chi connectivity index (χ0) is 20.5. The lowest BCUT2D eigenvalue weighted by atomic mass is 10.1. The fourth-order valence-corrected chi connectivity index (χ4v) is 3.68. The van der Waals surface area contributed by atoms with Gasteiger partial charge in [-0.25, -0.2) is 13.2 Å². The number of ether oxygens (including phenoxy) is 1. The van der Waals surface area contributed by atoms with Crippen LogP contribution in [0.4, 0.5) is 5.69 Å². The van der Waals surface area contributed by atoms with Gasteiger partial charge in [-0.05, 0) is 30.7 Å². The number of benzene rings is 2. The van der Waals surface area contributed by atoms with Gasteiger partial charge in [0.25, 0.3) is 5.91 Å². The molecule has 0 unspecified atom stereocenters. The van der Waals surface area contributed by atoms with E-state index in [-0.39, 0.29) is 17.1 Å². The van der Waals surface area contributed by atoms with Crippen LogP contribution in [-0.4, -0.2) is 33.7 Å². The molecule has 146 valence electrons. The van der Waals surface area contributed by atoms with Crippen LogP contribution in [0.1, 0.15) is 32.0 Å². The highest BCUT2D eigenvalue weighted by molar-refractivity contribution is 7.89. The second-order valence-electron chi connectivity index (χ2n) is 6.45. The molecule has 0 fully saturated rings. The molecular weight excluding hydrogens is 382 g/mol. The van der Waals surface area contributed by atoms with Gasteiger partial charge in [0, 0.05) is 22.9 Å². The highest BCUT2D eigenvalue weighted by Gasteiger charge is 2.24. The maximum atomic E-state index is 12.9. The van der Waals surface area contributed by atoms with Crippen molar-refractivity contribution in [3.8, 4) is 0 Å². The van der Waals surface area contributed by atoms with Gasteiger partial charge in [0.05, 0.1) is 18.4 Å². The first-order valence-corrected chi connectivity index (χ1v) is 10.4. The Labute approximate surface area is 162 Å². The highest BCUT2D eigenvalue weighted by Crippen LogP contribution is 2.29. The number of anilines is 1. The number of rotatable bonds is 5. The van der Waals surface area contributed by atoms with Crippen LogP contribution >= 0.6 is 0 Å². The summed E-state index contributed by atoms with van der Waals surface area (Å²) in [6.07, 6.45) is 1.10. The molecule has 0 radical (unpaired) electrons. The van der Waals surface area contributed by atoms with E-state index in [1.807, 2.05) is 0 Å². The first kappa shape index (κ1) is 19.6. The van der Waals surface area contributed by atoms with E-state index in [0.717, 1.165) is 11.8 Å². The maximum Gasteiger partial charge on any atom is 0.337 e. The van der Waals surface area contributed by atoms with Crippen molar-refractivity contribution in [2.75, 3.05) is 18.7 Å². The van der Waals surface area contributed by atoms with Crippen LogP contribution in [0.2, 0.25) is 0 Å². The highest BCUT2D eigenvalue weighted by atomic mass is 32.2. The minimum atomic E-state index is -3.40. The molecule has 0 saturated heterocycles. The van der Waals surface area contributed by atoms with Gasteiger partial charge < -0.3 is 14.5 Å². The fraction of sp³-hybridized carbons (Fsp3) is 0.200. The zero-order valence-electron chi connectivity index (χ0n) is 15.6. The van der Waals surface area contributed by atoms with Gasteiger partial charge in [0.1, 0.15) is 5.58 Å². The summed E-state index contributed by atoms with van der Waals surface area (Å²) in [5, 5.41) is 3.27. The number of aryl methyl sites for hydroxylation is 1. The quantitative estimate of drug-likeness (QED) is 0.658. The van der Waals surface area contributed by atoms with E-state index >= 15 is 0 Å². The van der Waals surface area contributed by atoms with E-state index in [2.05, 4.69) is 5.32 Å². The smallest absolute Gasteiger partial charge is 0.337 e. The second-order valence-corrected chi connectivity index (χ2v) is 8.59. The average molecular weight is 401 g/mol. The Bertz CT molecular complexity index is 1180. The predicted molar refractivity (Wildman–Crippen MR) is 105 cm³/mol. The summed E-state index contributed by atoms with van der Waals surface area (Å²) in [4.78, 5) is 24.6. The average Bonchev–Trinajstić information content (AvgIpc) is 3.00. The van der Waals surface area contributed by atoms with Crippen LogP contribution in [0.5, 0.6) is 0 Å². The summed E-state index contributed by atoms with van der Waals surface area (Å²) in [6.45, 7) is 1.77. The Morgan fingerprint density at radius 1 is 1.14 bits per heavy atom. The van der Waals surface area contributed by atoms with Gasteiger partial charge in [-0.1, -0.05) is 24.3 Å². The van der Waals surface area contributed by atoms with Gasteiger partial charge in [0.2, 0.25) is 0 Å². The molecule has 0 aliphatic heterocycles. The number of hydrogen-bond donors (Lipinski definition) is 1. The second kappa shape index (κ2) is 7.47. The number of furan rings is 1. The van der Waals surface area contributed by atoms with E-state index in [9.17, 15) is 18.0 Å². The minimum Gasteiger partial charge on any atom is -0.465 e. The molecule has 3 rings (SSSR count). The van der Waals surface area contributed by atoms with Crippen molar-refractivity contribution in [1.29, 1.82) is 0 Å². The molecule has 2 aromatic carbocycles. The molecule has 1 aromatic heterocycles. The summed E-state index contributed by atoms with van der Waals surface area (Å²) in [5.41, 5.74) is 2.13. The molecule has 7 nitrogen and oxygen atoms in total. The van der Waals surface area contributed by atoms with Crippen LogP contribution in [0.3, 0.4) is 0 Å². The van der Waals surface area contributed by atoms with E-state index in [0.29, 0.717) is 22.2 Å². The van der Waals surface area contributed by atoms with Crippen LogP contribution in [0, 0.1) is 6.92 Å². The number of carbonyl (C=O) groups excluding carboxylic acids is 2. The van der Waals surface area contributed by atoms with Crippen molar-refractivity contribution < 1.29 is 27.2 Å². The summed E-state index contributed by atoms with van der Waals surface area (Å²) in [6, 6.07) is 11.6.